The summed E-state index contributed by atoms with van der Waals surface area (Å²) < 4.78 is 5.64. The Balaban J connectivity index is 2.01. The Morgan fingerprint density at radius 3 is 2.53 bits per heavy atom. The van der Waals surface area contributed by atoms with E-state index < -0.39 is 0 Å². The van der Waals surface area contributed by atoms with Crippen molar-refractivity contribution in [2.75, 3.05) is 27.2 Å². The highest BCUT2D eigenvalue weighted by Crippen LogP contribution is 2.53. The molecule has 0 bridgehead atoms. The van der Waals surface area contributed by atoms with Crippen molar-refractivity contribution in [1.29, 1.82) is 0 Å². The lowest BCUT2D eigenvalue weighted by molar-refractivity contribution is -0.208. The molecule has 1 heterocycles. The largest absolute Gasteiger partial charge is 0.378 e. The van der Waals surface area contributed by atoms with Crippen LogP contribution in [0.2, 0.25) is 0 Å². The number of amides is 1. The second kappa shape index (κ2) is 5.06. The van der Waals surface area contributed by atoms with Gasteiger partial charge in [-0.3, -0.25) is 4.79 Å². The lowest BCUT2D eigenvalue weighted by Gasteiger charge is -2.61. The normalized spacial score (nSPS) is 37.5. The number of piperidine rings is 1. The summed E-state index contributed by atoms with van der Waals surface area (Å²) in [4.78, 5) is 14.5. The Labute approximate surface area is 116 Å². The van der Waals surface area contributed by atoms with Crippen LogP contribution in [-0.2, 0) is 9.53 Å². The Bertz CT molecular complexity index is 350. The Morgan fingerprint density at radius 2 is 2.05 bits per heavy atom. The van der Waals surface area contributed by atoms with E-state index in [9.17, 15) is 4.79 Å². The highest BCUT2D eigenvalue weighted by molar-refractivity contribution is 5.79. The molecule has 19 heavy (non-hydrogen) atoms. The van der Waals surface area contributed by atoms with Gasteiger partial charge >= 0.3 is 0 Å². The lowest BCUT2D eigenvalue weighted by atomic mass is 9.55. The summed E-state index contributed by atoms with van der Waals surface area (Å²) in [5, 5.41) is 3.32. The molecule has 0 unspecified atom stereocenters. The standard InChI is InChI=1S/C15H28N2O2/c1-14(2)12(9-15(14,3)19-5)17(4)13(18)11-7-6-8-16-10-11/h11-12,16H,6-10H2,1-5H3/t11-,12+,15-/m1/s1. The molecule has 3 atom stereocenters. The first-order valence-corrected chi connectivity index (χ1v) is 7.36. The molecule has 0 aromatic carbocycles. The molecule has 1 amide bonds. The zero-order chi connectivity index (χ0) is 14.3. The maximum Gasteiger partial charge on any atom is 0.226 e. The van der Waals surface area contributed by atoms with Crippen molar-refractivity contribution in [1.82, 2.24) is 10.2 Å². The summed E-state index contributed by atoms with van der Waals surface area (Å²) in [6.07, 6.45) is 3.05. The molecule has 1 aliphatic heterocycles. The lowest BCUT2D eigenvalue weighted by Crippen LogP contribution is -2.69. The topological polar surface area (TPSA) is 41.6 Å². The summed E-state index contributed by atoms with van der Waals surface area (Å²) in [7, 11) is 3.73. The number of ether oxygens (including phenoxy) is 1. The van der Waals surface area contributed by atoms with Crippen LogP contribution in [0, 0.1) is 11.3 Å². The van der Waals surface area contributed by atoms with Crippen molar-refractivity contribution in [3.63, 3.8) is 0 Å². The van der Waals surface area contributed by atoms with Gasteiger partial charge < -0.3 is 15.0 Å². The van der Waals surface area contributed by atoms with Crippen LogP contribution >= 0.6 is 0 Å². The molecule has 110 valence electrons. The molecule has 2 aliphatic rings. The first-order valence-electron chi connectivity index (χ1n) is 7.36. The smallest absolute Gasteiger partial charge is 0.226 e. The molecule has 1 N–H and O–H groups in total. The highest BCUT2D eigenvalue weighted by atomic mass is 16.5. The first-order chi connectivity index (χ1) is 8.83. The minimum absolute atomic E-state index is 0.00819. The van der Waals surface area contributed by atoms with Gasteiger partial charge in [-0.2, -0.15) is 0 Å². The molecule has 0 radical (unpaired) electrons. The average Bonchev–Trinajstić information content (AvgIpc) is 2.43. The molecule has 2 fully saturated rings. The van der Waals surface area contributed by atoms with Crippen LogP contribution in [0.3, 0.4) is 0 Å². The Kier molecular flexibility index (Phi) is 3.94. The molecular formula is C15H28N2O2. The summed E-state index contributed by atoms with van der Waals surface area (Å²) in [5.74, 6) is 0.451. The van der Waals surface area contributed by atoms with Gasteiger partial charge in [0, 0.05) is 32.2 Å². The van der Waals surface area contributed by atoms with Crippen molar-refractivity contribution < 1.29 is 9.53 Å². The summed E-state index contributed by atoms with van der Waals surface area (Å²) in [6.45, 7) is 8.42. The third-order valence-corrected chi connectivity index (χ3v) is 5.69. The number of hydrogen-bond acceptors (Lipinski definition) is 3. The minimum Gasteiger partial charge on any atom is -0.378 e. The zero-order valence-electron chi connectivity index (χ0n) is 13.0. The van der Waals surface area contributed by atoms with Crippen LogP contribution in [0.25, 0.3) is 0 Å². The van der Waals surface area contributed by atoms with Crippen molar-refractivity contribution in [3.8, 4) is 0 Å². The van der Waals surface area contributed by atoms with Gasteiger partial charge in [-0.1, -0.05) is 13.8 Å². The fraction of sp³-hybridized carbons (Fsp3) is 0.933. The number of carbonyl (C=O) groups is 1. The molecule has 4 nitrogen and oxygen atoms in total. The van der Waals surface area contributed by atoms with Crippen LogP contribution in [0.1, 0.15) is 40.0 Å². The Hall–Kier alpha value is -0.610. The Morgan fingerprint density at radius 1 is 1.37 bits per heavy atom. The van der Waals surface area contributed by atoms with E-state index in [0.717, 1.165) is 32.4 Å². The molecule has 1 aliphatic carbocycles. The number of nitrogens with zero attached hydrogens (tertiary/aromatic N) is 1. The third kappa shape index (κ3) is 2.29. The number of rotatable bonds is 3. The maximum absolute atomic E-state index is 12.6. The highest BCUT2D eigenvalue weighted by Gasteiger charge is 2.60. The maximum atomic E-state index is 12.6. The minimum atomic E-state index is -0.114. The number of methoxy groups -OCH3 is 1. The van der Waals surface area contributed by atoms with Crippen LogP contribution in [0.15, 0.2) is 0 Å². The molecule has 0 spiro atoms. The molecule has 1 saturated heterocycles. The number of carbonyl (C=O) groups excluding carboxylic acids is 1. The average molecular weight is 268 g/mol. The van der Waals surface area contributed by atoms with E-state index in [1.807, 2.05) is 11.9 Å². The quantitative estimate of drug-likeness (QED) is 0.846. The second-order valence-electron chi connectivity index (χ2n) is 6.87. The summed E-state index contributed by atoms with van der Waals surface area (Å²) in [5.41, 5.74) is -0.106. The predicted octanol–water partition coefficient (Wildman–Crippen LogP) is 1.65. The van der Waals surface area contributed by atoms with Gasteiger partial charge in [-0.05, 0) is 32.7 Å². The van der Waals surface area contributed by atoms with E-state index in [-0.39, 0.29) is 23.0 Å². The van der Waals surface area contributed by atoms with Gasteiger partial charge in [-0.15, -0.1) is 0 Å². The third-order valence-electron chi connectivity index (χ3n) is 5.69. The van der Waals surface area contributed by atoms with Crippen molar-refractivity contribution >= 4 is 5.91 Å². The number of nitrogens with one attached hydrogen (secondary N) is 1. The van der Waals surface area contributed by atoms with Crippen molar-refractivity contribution in [2.45, 2.75) is 51.7 Å². The van der Waals surface area contributed by atoms with Gasteiger partial charge in [0.25, 0.3) is 0 Å². The fourth-order valence-corrected chi connectivity index (χ4v) is 3.58. The zero-order valence-corrected chi connectivity index (χ0v) is 13.0. The second-order valence-corrected chi connectivity index (χ2v) is 6.87. The number of hydrogen-bond donors (Lipinski definition) is 1. The van der Waals surface area contributed by atoms with Crippen molar-refractivity contribution in [3.05, 3.63) is 0 Å². The van der Waals surface area contributed by atoms with Crippen molar-refractivity contribution in [2.24, 2.45) is 11.3 Å². The van der Waals surface area contributed by atoms with Gasteiger partial charge in [0.2, 0.25) is 5.91 Å². The van der Waals surface area contributed by atoms with Crippen LogP contribution in [0.4, 0.5) is 0 Å². The molecule has 2 rings (SSSR count). The molecule has 4 heteroatoms. The fourth-order valence-electron chi connectivity index (χ4n) is 3.58. The van der Waals surface area contributed by atoms with Crippen LogP contribution in [0.5, 0.6) is 0 Å². The first kappa shape index (κ1) is 14.8. The van der Waals surface area contributed by atoms with Gasteiger partial charge in [0.05, 0.1) is 11.5 Å². The van der Waals surface area contributed by atoms with Gasteiger partial charge in [0.1, 0.15) is 0 Å². The molecule has 0 aromatic rings. The molecule has 0 aromatic heterocycles. The van der Waals surface area contributed by atoms with Gasteiger partial charge in [0.15, 0.2) is 0 Å². The molecular weight excluding hydrogens is 240 g/mol. The predicted molar refractivity (Wildman–Crippen MR) is 76.0 cm³/mol. The summed E-state index contributed by atoms with van der Waals surface area (Å²) >= 11 is 0. The molecule has 1 saturated carbocycles. The monoisotopic (exact) mass is 268 g/mol. The van der Waals surface area contributed by atoms with E-state index in [1.165, 1.54) is 0 Å². The van der Waals surface area contributed by atoms with E-state index in [2.05, 4.69) is 26.1 Å². The summed E-state index contributed by atoms with van der Waals surface area (Å²) in [6, 6.07) is 0.284. The van der Waals surface area contributed by atoms with E-state index in [1.54, 1.807) is 7.11 Å². The van der Waals surface area contributed by atoms with E-state index >= 15 is 0 Å². The van der Waals surface area contributed by atoms with Crippen LogP contribution < -0.4 is 5.32 Å². The van der Waals surface area contributed by atoms with Crippen LogP contribution in [-0.4, -0.2) is 49.7 Å². The van der Waals surface area contributed by atoms with Gasteiger partial charge in [-0.25, -0.2) is 0 Å². The van der Waals surface area contributed by atoms with E-state index in [4.69, 9.17) is 4.74 Å². The SMILES string of the molecule is CO[C@]1(C)C[C@H](N(C)C(=O)[C@@H]2CCCNC2)C1(C)C. The van der Waals surface area contributed by atoms with E-state index in [0.29, 0.717) is 5.91 Å².